The lowest BCUT2D eigenvalue weighted by atomic mass is 10.0. The average Bonchev–Trinajstić information content (AvgIpc) is 2.19. The van der Waals surface area contributed by atoms with Gasteiger partial charge in [0, 0.05) is 10.5 Å². The minimum absolute atomic E-state index is 0.203. The smallest absolute Gasteiger partial charge is 0.0294 e. The molecule has 0 heterocycles. The minimum Gasteiger partial charge on any atom is -0.324 e. The van der Waals surface area contributed by atoms with Crippen LogP contribution in [0.3, 0.4) is 0 Å². The van der Waals surface area contributed by atoms with Crippen molar-refractivity contribution in [1.82, 2.24) is 0 Å². The van der Waals surface area contributed by atoms with E-state index in [9.17, 15) is 0 Å². The minimum atomic E-state index is 0.203. The first kappa shape index (κ1) is 11.7. The molecule has 14 heavy (non-hydrogen) atoms. The van der Waals surface area contributed by atoms with E-state index in [1.807, 2.05) is 0 Å². The molecule has 1 aromatic carbocycles. The molecule has 0 spiro atoms. The van der Waals surface area contributed by atoms with Crippen LogP contribution in [0, 0.1) is 0 Å². The third-order valence-electron chi connectivity index (χ3n) is 2.42. The zero-order valence-electron chi connectivity index (χ0n) is 8.67. The zero-order valence-corrected chi connectivity index (χ0v) is 10.3. The number of hydrogen-bond acceptors (Lipinski definition) is 1. The lowest BCUT2D eigenvalue weighted by molar-refractivity contribution is 0.581. The normalized spacial score (nSPS) is 12.8. The number of rotatable bonds is 5. The van der Waals surface area contributed by atoms with E-state index in [1.54, 1.807) is 0 Å². The summed E-state index contributed by atoms with van der Waals surface area (Å²) in [5, 5.41) is 0. The van der Waals surface area contributed by atoms with Gasteiger partial charge in [-0.15, -0.1) is 0 Å². The van der Waals surface area contributed by atoms with E-state index >= 15 is 0 Å². The van der Waals surface area contributed by atoms with Crippen LogP contribution in [0.2, 0.25) is 0 Å². The predicted octanol–water partition coefficient (Wildman–Crippen LogP) is 4.03. The predicted molar refractivity (Wildman–Crippen MR) is 65.2 cm³/mol. The Morgan fingerprint density at radius 3 is 2.43 bits per heavy atom. The molecule has 1 unspecified atom stereocenters. The Kier molecular flexibility index (Phi) is 5.20. The maximum Gasteiger partial charge on any atom is 0.0294 e. The molecule has 0 saturated carbocycles. The summed E-state index contributed by atoms with van der Waals surface area (Å²) < 4.78 is 1.11. The van der Waals surface area contributed by atoms with E-state index in [0.717, 1.165) is 10.9 Å². The molecule has 78 valence electrons. The molecule has 0 amide bonds. The van der Waals surface area contributed by atoms with Crippen LogP contribution in [0.15, 0.2) is 28.7 Å². The van der Waals surface area contributed by atoms with Crippen molar-refractivity contribution in [3.63, 3.8) is 0 Å². The molecule has 0 bridgehead atoms. The van der Waals surface area contributed by atoms with E-state index in [2.05, 4.69) is 47.1 Å². The Balaban J connectivity index is 2.43. The Bertz CT molecular complexity index is 256. The van der Waals surface area contributed by atoms with E-state index in [4.69, 9.17) is 5.73 Å². The second-order valence-electron chi connectivity index (χ2n) is 3.65. The average molecular weight is 256 g/mol. The van der Waals surface area contributed by atoms with Gasteiger partial charge in [-0.3, -0.25) is 0 Å². The van der Waals surface area contributed by atoms with Crippen LogP contribution in [-0.2, 0) is 0 Å². The number of halogens is 1. The lowest BCUT2D eigenvalue weighted by Gasteiger charge is -2.11. The molecule has 0 fully saturated rings. The van der Waals surface area contributed by atoms with Crippen molar-refractivity contribution in [2.45, 2.75) is 38.6 Å². The molecular formula is C12H18BrN. The van der Waals surface area contributed by atoms with E-state index in [1.165, 1.54) is 24.8 Å². The summed E-state index contributed by atoms with van der Waals surface area (Å²) in [5.74, 6) is 0. The van der Waals surface area contributed by atoms with Gasteiger partial charge >= 0.3 is 0 Å². The Morgan fingerprint density at radius 2 is 1.86 bits per heavy atom. The number of benzene rings is 1. The molecule has 0 aliphatic carbocycles. The zero-order chi connectivity index (χ0) is 10.4. The molecule has 2 heteroatoms. The van der Waals surface area contributed by atoms with Crippen LogP contribution in [0.25, 0.3) is 0 Å². The highest BCUT2D eigenvalue weighted by molar-refractivity contribution is 9.10. The summed E-state index contributed by atoms with van der Waals surface area (Å²) >= 11 is 3.42. The molecular weight excluding hydrogens is 238 g/mol. The third-order valence-corrected chi connectivity index (χ3v) is 2.95. The summed E-state index contributed by atoms with van der Waals surface area (Å²) in [6.45, 7) is 2.21. The van der Waals surface area contributed by atoms with Crippen molar-refractivity contribution < 1.29 is 0 Å². The van der Waals surface area contributed by atoms with Crippen LogP contribution >= 0.6 is 15.9 Å². The van der Waals surface area contributed by atoms with Crippen molar-refractivity contribution in [2.24, 2.45) is 5.73 Å². The van der Waals surface area contributed by atoms with Gasteiger partial charge in [0.15, 0.2) is 0 Å². The Labute approximate surface area is 94.8 Å². The van der Waals surface area contributed by atoms with Gasteiger partial charge in [-0.2, -0.15) is 0 Å². The summed E-state index contributed by atoms with van der Waals surface area (Å²) in [4.78, 5) is 0. The van der Waals surface area contributed by atoms with Crippen LogP contribution in [-0.4, -0.2) is 0 Å². The molecule has 1 nitrogen and oxygen atoms in total. The molecule has 1 aromatic rings. The summed E-state index contributed by atoms with van der Waals surface area (Å²) in [5.41, 5.74) is 7.31. The van der Waals surface area contributed by atoms with Gasteiger partial charge in [-0.25, -0.2) is 0 Å². The van der Waals surface area contributed by atoms with Gasteiger partial charge in [0.2, 0.25) is 0 Å². The molecule has 0 aromatic heterocycles. The molecule has 0 aliphatic rings. The first-order valence-corrected chi connectivity index (χ1v) is 6.04. The highest BCUT2D eigenvalue weighted by Crippen LogP contribution is 2.19. The van der Waals surface area contributed by atoms with Crippen molar-refractivity contribution in [3.05, 3.63) is 34.3 Å². The molecule has 1 atom stereocenters. The molecule has 2 N–H and O–H groups in total. The van der Waals surface area contributed by atoms with Gasteiger partial charge in [0.05, 0.1) is 0 Å². The molecule has 1 rings (SSSR count). The number of hydrogen-bond donors (Lipinski definition) is 1. The Morgan fingerprint density at radius 1 is 1.21 bits per heavy atom. The highest BCUT2D eigenvalue weighted by Gasteiger charge is 2.04. The summed E-state index contributed by atoms with van der Waals surface area (Å²) in [6, 6.07) is 8.50. The highest BCUT2D eigenvalue weighted by atomic mass is 79.9. The first-order valence-electron chi connectivity index (χ1n) is 5.25. The lowest BCUT2D eigenvalue weighted by Crippen LogP contribution is -2.09. The third kappa shape index (κ3) is 3.81. The van der Waals surface area contributed by atoms with Crippen molar-refractivity contribution in [2.75, 3.05) is 0 Å². The number of nitrogens with two attached hydrogens (primary N) is 1. The maximum atomic E-state index is 6.07. The Hall–Kier alpha value is -0.340. The molecule has 0 saturated heterocycles. The molecule has 0 aliphatic heterocycles. The standard InChI is InChI=1S/C12H18BrN/c1-2-3-4-5-12(14)10-6-8-11(13)9-7-10/h6-9,12H,2-5,14H2,1H3. The van der Waals surface area contributed by atoms with Gasteiger partial charge in [-0.1, -0.05) is 54.2 Å². The SMILES string of the molecule is CCCCCC(N)c1ccc(Br)cc1. The van der Waals surface area contributed by atoms with Crippen LogP contribution in [0.1, 0.15) is 44.2 Å². The summed E-state index contributed by atoms with van der Waals surface area (Å²) in [6.07, 6.45) is 4.86. The fourth-order valence-corrected chi connectivity index (χ4v) is 1.76. The van der Waals surface area contributed by atoms with Gasteiger partial charge < -0.3 is 5.73 Å². The second-order valence-corrected chi connectivity index (χ2v) is 4.57. The first-order chi connectivity index (χ1) is 6.74. The van der Waals surface area contributed by atoms with E-state index in [0.29, 0.717) is 0 Å². The van der Waals surface area contributed by atoms with Crippen molar-refractivity contribution >= 4 is 15.9 Å². The van der Waals surface area contributed by atoms with Crippen LogP contribution in [0.5, 0.6) is 0 Å². The second kappa shape index (κ2) is 6.20. The topological polar surface area (TPSA) is 26.0 Å². The van der Waals surface area contributed by atoms with Gasteiger partial charge in [0.1, 0.15) is 0 Å². The van der Waals surface area contributed by atoms with E-state index in [-0.39, 0.29) is 6.04 Å². The monoisotopic (exact) mass is 255 g/mol. The fraction of sp³-hybridized carbons (Fsp3) is 0.500. The van der Waals surface area contributed by atoms with E-state index < -0.39 is 0 Å². The van der Waals surface area contributed by atoms with Crippen molar-refractivity contribution in [1.29, 1.82) is 0 Å². The van der Waals surface area contributed by atoms with Gasteiger partial charge in [0.25, 0.3) is 0 Å². The number of unbranched alkanes of at least 4 members (excludes halogenated alkanes) is 2. The van der Waals surface area contributed by atoms with Crippen molar-refractivity contribution in [3.8, 4) is 0 Å². The maximum absolute atomic E-state index is 6.07. The quantitative estimate of drug-likeness (QED) is 0.791. The van der Waals surface area contributed by atoms with Crippen LogP contribution < -0.4 is 5.73 Å². The molecule has 0 radical (unpaired) electrons. The fourth-order valence-electron chi connectivity index (χ4n) is 1.49. The largest absolute Gasteiger partial charge is 0.324 e. The van der Waals surface area contributed by atoms with Crippen LogP contribution in [0.4, 0.5) is 0 Å². The van der Waals surface area contributed by atoms with Gasteiger partial charge in [-0.05, 0) is 24.1 Å². The summed E-state index contributed by atoms with van der Waals surface area (Å²) in [7, 11) is 0.